The van der Waals surface area contributed by atoms with Gasteiger partial charge in [-0.25, -0.2) is 9.59 Å². The van der Waals surface area contributed by atoms with Gasteiger partial charge in [-0.3, -0.25) is 9.80 Å². The van der Waals surface area contributed by atoms with E-state index in [0.717, 1.165) is 11.1 Å². The second kappa shape index (κ2) is 11.7. The number of carbonyl (C=O) groups is 2. The first-order valence-corrected chi connectivity index (χ1v) is 12.3. The number of hydrogen-bond acceptors (Lipinski definition) is 6. The van der Waals surface area contributed by atoms with Gasteiger partial charge in [-0.2, -0.15) is 0 Å². The largest absolute Gasteiger partial charge is 0.493 e. The van der Waals surface area contributed by atoms with Gasteiger partial charge in [-0.1, -0.05) is 48.5 Å². The Morgan fingerprint density at radius 3 is 2.19 bits per heavy atom. The molecule has 0 saturated heterocycles. The van der Waals surface area contributed by atoms with Crippen LogP contribution in [0, 0.1) is 0 Å². The van der Waals surface area contributed by atoms with E-state index in [1.807, 2.05) is 49.4 Å². The number of fused-ring (bicyclic) bond motifs is 1. The molecule has 0 saturated carbocycles. The van der Waals surface area contributed by atoms with Crippen molar-refractivity contribution < 1.29 is 28.5 Å². The summed E-state index contributed by atoms with van der Waals surface area (Å²) in [4.78, 5) is 30.0. The van der Waals surface area contributed by atoms with Crippen LogP contribution in [0.15, 0.2) is 72.8 Å². The minimum Gasteiger partial charge on any atom is -0.493 e. The average Bonchev–Trinajstić information content (AvgIpc) is 2.91. The van der Waals surface area contributed by atoms with E-state index in [4.69, 9.17) is 18.9 Å². The van der Waals surface area contributed by atoms with Gasteiger partial charge >= 0.3 is 12.2 Å². The summed E-state index contributed by atoms with van der Waals surface area (Å²) < 4.78 is 22.3. The maximum atomic E-state index is 13.4. The first-order chi connectivity index (χ1) is 18.0. The van der Waals surface area contributed by atoms with Crippen LogP contribution in [-0.4, -0.2) is 44.0 Å². The second-order valence-corrected chi connectivity index (χ2v) is 8.73. The van der Waals surface area contributed by atoms with Crippen molar-refractivity contribution in [2.75, 3.05) is 25.7 Å². The summed E-state index contributed by atoms with van der Waals surface area (Å²) in [5, 5.41) is 0. The third-order valence-electron chi connectivity index (χ3n) is 6.38. The Morgan fingerprint density at radius 1 is 0.946 bits per heavy atom. The fourth-order valence-electron chi connectivity index (χ4n) is 4.65. The molecule has 1 heterocycles. The van der Waals surface area contributed by atoms with Gasteiger partial charge < -0.3 is 18.9 Å². The molecule has 1 aliphatic rings. The van der Waals surface area contributed by atoms with E-state index >= 15 is 0 Å². The topological polar surface area (TPSA) is 77.5 Å². The molecule has 2 unspecified atom stereocenters. The van der Waals surface area contributed by atoms with Gasteiger partial charge in [0, 0.05) is 24.2 Å². The summed E-state index contributed by atoms with van der Waals surface area (Å²) >= 11 is 0. The summed E-state index contributed by atoms with van der Waals surface area (Å²) in [6.45, 7) is 4.32. The molecule has 37 heavy (non-hydrogen) atoms. The fraction of sp³-hybridized carbons (Fsp3) is 0.310. The monoisotopic (exact) mass is 504 g/mol. The normalized spacial score (nSPS) is 16.4. The van der Waals surface area contributed by atoms with Crippen molar-refractivity contribution in [2.45, 2.75) is 38.9 Å². The maximum absolute atomic E-state index is 13.4. The van der Waals surface area contributed by atoms with E-state index in [1.54, 1.807) is 61.3 Å². The molecular formula is C29H32N2O6. The second-order valence-electron chi connectivity index (χ2n) is 8.73. The number of amides is 2. The zero-order chi connectivity index (χ0) is 26.4. The number of methoxy groups -OCH3 is 2. The molecule has 0 fully saturated rings. The van der Waals surface area contributed by atoms with Gasteiger partial charge in [0.2, 0.25) is 0 Å². The number of anilines is 1. The Labute approximate surface area is 217 Å². The molecule has 3 aromatic carbocycles. The van der Waals surface area contributed by atoms with Crippen LogP contribution in [0.25, 0.3) is 0 Å². The highest BCUT2D eigenvalue weighted by atomic mass is 16.6. The number of para-hydroxylation sites is 1. The molecule has 1 aliphatic heterocycles. The van der Waals surface area contributed by atoms with E-state index in [1.165, 1.54) is 0 Å². The molecule has 0 bridgehead atoms. The smallest absolute Gasteiger partial charge is 0.420 e. The predicted molar refractivity (Wildman–Crippen MR) is 140 cm³/mol. The summed E-state index contributed by atoms with van der Waals surface area (Å²) in [6, 6.07) is 21.6. The predicted octanol–water partition coefficient (Wildman–Crippen LogP) is 6.20. The molecule has 2 amide bonds. The van der Waals surface area contributed by atoms with Gasteiger partial charge in [-0.15, -0.1) is 0 Å². The maximum Gasteiger partial charge on any atom is 0.420 e. The van der Waals surface area contributed by atoms with Gasteiger partial charge in [0.05, 0.1) is 32.6 Å². The van der Waals surface area contributed by atoms with Crippen LogP contribution in [0.4, 0.5) is 15.3 Å². The quantitative estimate of drug-likeness (QED) is 0.381. The summed E-state index contributed by atoms with van der Waals surface area (Å²) in [5.41, 5.74) is 2.30. The van der Waals surface area contributed by atoms with Crippen LogP contribution in [-0.2, 0) is 11.3 Å². The summed E-state index contributed by atoms with van der Waals surface area (Å²) in [6.07, 6.45) is -0.473. The Bertz CT molecular complexity index is 1220. The van der Waals surface area contributed by atoms with Crippen molar-refractivity contribution in [3.63, 3.8) is 0 Å². The highest BCUT2D eigenvalue weighted by Crippen LogP contribution is 2.46. The number of ether oxygens (including phenoxy) is 4. The number of hydrogen-bond donors (Lipinski definition) is 0. The Morgan fingerprint density at radius 2 is 1.57 bits per heavy atom. The molecule has 4 rings (SSSR count). The number of carbonyl (C=O) groups excluding carboxylic acids is 2. The van der Waals surface area contributed by atoms with Gasteiger partial charge in [0.1, 0.15) is 5.75 Å². The lowest BCUT2D eigenvalue weighted by Gasteiger charge is -2.42. The van der Waals surface area contributed by atoms with Crippen LogP contribution < -0.4 is 19.1 Å². The molecule has 0 aliphatic carbocycles. The molecule has 0 radical (unpaired) electrons. The lowest BCUT2D eigenvalue weighted by molar-refractivity contribution is 0.0813. The minimum atomic E-state index is -0.517. The van der Waals surface area contributed by atoms with Crippen LogP contribution >= 0.6 is 0 Å². The number of benzene rings is 3. The van der Waals surface area contributed by atoms with Crippen molar-refractivity contribution >= 4 is 17.9 Å². The molecular weight excluding hydrogens is 472 g/mol. The Kier molecular flexibility index (Phi) is 8.18. The number of nitrogens with zero attached hydrogens (tertiary/aromatic N) is 2. The first kappa shape index (κ1) is 25.9. The standard InChI is InChI=1S/C29H32N2O6/c1-5-36-28(32)30(19-21-12-8-6-9-13-21)24-16-20(2)31(29(33)37-22-14-10-7-11-15-22)25-18-27(35-4)26(34-3)17-23(24)25/h6-15,17-18,20,24H,5,16,19H2,1-4H3. The van der Waals surface area contributed by atoms with Crippen molar-refractivity contribution in [1.82, 2.24) is 4.90 Å². The van der Waals surface area contributed by atoms with E-state index in [2.05, 4.69) is 0 Å². The Balaban J connectivity index is 1.79. The highest BCUT2D eigenvalue weighted by Gasteiger charge is 2.40. The van der Waals surface area contributed by atoms with E-state index < -0.39 is 12.2 Å². The molecule has 3 aromatic rings. The lowest BCUT2D eigenvalue weighted by atomic mass is 9.90. The first-order valence-electron chi connectivity index (χ1n) is 12.3. The van der Waals surface area contributed by atoms with Gasteiger partial charge in [-0.05, 0) is 44.0 Å². The molecule has 2 atom stereocenters. The zero-order valence-corrected chi connectivity index (χ0v) is 21.5. The van der Waals surface area contributed by atoms with Crippen molar-refractivity contribution in [3.8, 4) is 17.2 Å². The molecule has 0 N–H and O–H groups in total. The van der Waals surface area contributed by atoms with Crippen molar-refractivity contribution in [2.24, 2.45) is 0 Å². The Hall–Kier alpha value is -4.20. The minimum absolute atomic E-state index is 0.251. The van der Waals surface area contributed by atoms with Crippen LogP contribution in [0.1, 0.15) is 37.4 Å². The third-order valence-corrected chi connectivity index (χ3v) is 6.38. The SMILES string of the molecule is CCOC(=O)N(Cc1ccccc1)C1CC(C)N(C(=O)Oc2ccccc2)c2cc(OC)c(OC)cc21. The number of rotatable bonds is 7. The van der Waals surface area contributed by atoms with Crippen molar-refractivity contribution in [1.29, 1.82) is 0 Å². The fourth-order valence-corrected chi connectivity index (χ4v) is 4.65. The highest BCUT2D eigenvalue weighted by molar-refractivity contribution is 5.92. The third kappa shape index (κ3) is 5.63. The van der Waals surface area contributed by atoms with Crippen molar-refractivity contribution in [3.05, 3.63) is 83.9 Å². The molecule has 0 aromatic heterocycles. The summed E-state index contributed by atoms with van der Waals surface area (Å²) in [5.74, 6) is 1.42. The average molecular weight is 505 g/mol. The summed E-state index contributed by atoms with van der Waals surface area (Å²) in [7, 11) is 3.10. The molecule has 0 spiro atoms. The lowest BCUT2D eigenvalue weighted by Crippen LogP contribution is -2.48. The molecule has 8 nitrogen and oxygen atoms in total. The van der Waals surface area contributed by atoms with Crippen LogP contribution in [0.5, 0.6) is 17.2 Å². The van der Waals surface area contributed by atoms with E-state index in [-0.39, 0.29) is 18.7 Å². The van der Waals surface area contributed by atoms with Gasteiger partial charge in [0.25, 0.3) is 0 Å². The molecule has 194 valence electrons. The zero-order valence-electron chi connectivity index (χ0n) is 21.5. The van der Waals surface area contributed by atoms with Crippen LogP contribution in [0.2, 0.25) is 0 Å². The van der Waals surface area contributed by atoms with E-state index in [9.17, 15) is 9.59 Å². The molecule has 8 heteroatoms. The van der Waals surface area contributed by atoms with Crippen LogP contribution in [0.3, 0.4) is 0 Å². The van der Waals surface area contributed by atoms with E-state index in [0.29, 0.717) is 35.9 Å². The van der Waals surface area contributed by atoms with Gasteiger partial charge in [0.15, 0.2) is 11.5 Å².